The third kappa shape index (κ3) is 2.07. The maximum atomic E-state index is 8.51. The molecule has 0 saturated heterocycles. The van der Waals surface area contributed by atoms with Crippen molar-refractivity contribution < 1.29 is 0 Å². The Kier molecular flexibility index (Phi) is 2.66. The lowest BCUT2D eigenvalue weighted by Gasteiger charge is -2.20. The number of hydrogen-bond acceptors (Lipinski definition) is 3. The van der Waals surface area contributed by atoms with E-state index in [0.717, 1.165) is 25.1 Å². The molecule has 56 valence electrons. The summed E-state index contributed by atoms with van der Waals surface area (Å²) in [4.78, 5) is 2.01. The lowest BCUT2D eigenvalue weighted by Crippen LogP contribution is -2.28. The van der Waals surface area contributed by atoms with Gasteiger partial charge in [-0.1, -0.05) is 6.08 Å². The van der Waals surface area contributed by atoms with E-state index in [0.29, 0.717) is 6.54 Å². The molecule has 0 aromatic carbocycles. The van der Waals surface area contributed by atoms with E-state index in [9.17, 15) is 0 Å². The van der Waals surface area contributed by atoms with Crippen LogP contribution >= 0.6 is 0 Å². The predicted molar refractivity (Wildman–Crippen MR) is 40.4 cm³/mol. The smallest absolute Gasteiger partial charge is 0.0944 e. The van der Waals surface area contributed by atoms with Gasteiger partial charge in [-0.2, -0.15) is 10.5 Å². The Balaban J connectivity index is 2.44. The molecular weight excluding hydrogens is 138 g/mol. The van der Waals surface area contributed by atoms with Gasteiger partial charge in [0, 0.05) is 18.7 Å². The molecule has 0 amide bonds. The van der Waals surface area contributed by atoms with Crippen molar-refractivity contribution in [1.82, 2.24) is 4.90 Å². The summed E-state index contributed by atoms with van der Waals surface area (Å²) in [7, 11) is 0. The molecule has 0 fully saturated rings. The van der Waals surface area contributed by atoms with Gasteiger partial charge in [0.1, 0.15) is 0 Å². The molecule has 3 heteroatoms. The normalized spacial score (nSPS) is 18.2. The lowest BCUT2D eigenvalue weighted by atomic mass is 10.1. The van der Waals surface area contributed by atoms with Crippen molar-refractivity contribution in [2.75, 3.05) is 19.6 Å². The van der Waals surface area contributed by atoms with Crippen LogP contribution in [0.2, 0.25) is 0 Å². The Morgan fingerprint density at radius 2 is 2.36 bits per heavy atom. The van der Waals surface area contributed by atoms with E-state index in [1.54, 1.807) is 0 Å². The molecule has 1 aliphatic heterocycles. The molecule has 3 nitrogen and oxygen atoms in total. The zero-order valence-electron chi connectivity index (χ0n) is 6.25. The SMILES string of the molecule is N#CCN1CC=C(C#N)CC1. The molecule has 0 saturated carbocycles. The van der Waals surface area contributed by atoms with Crippen LogP contribution in [0.3, 0.4) is 0 Å². The van der Waals surface area contributed by atoms with Crippen molar-refractivity contribution in [3.63, 3.8) is 0 Å². The summed E-state index contributed by atoms with van der Waals surface area (Å²) in [5.41, 5.74) is 0.846. The molecule has 1 heterocycles. The van der Waals surface area contributed by atoms with E-state index in [-0.39, 0.29) is 0 Å². The topological polar surface area (TPSA) is 50.8 Å². The van der Waals surface area contributed by atoms with Crippen LogP contribution < -0.4 is 0 Å². The summed E-state index contributed by atoms with van der Waals surface area (Å²) in [6, 6.07) is 4.20. The first-order chi connectivity index (χ1) is 5.36. The van der Waals surface area contributed by atoms with Crippen LogP contribution in [0.15, 0.2) is 11.6 Å². The minimum Gasteiger partial charge on any atom is -0.286 e. The standard InChI is InChI=1S/C8H9N3/c9-3-6-11-4-1-8(7-10)2-5-11/h1H,2,4-6H2. The highest BCUT2D eigenvalue weighted by Crippen LogP contribution is 2.08. The lowest BCUT2D eigenvalue weighted by molar-refractivity contribution is 0.331. The summed E-state index contributed by atoms with van der Waals surface area (Å²) in [6.45, 7) is 2.05. The highest BCUT2D eigenvalue weighted by Gasteiger charge is 2.09. The van der Waals surface area contributed by atoms with Crippen molar-refractivity contribution in [3.8, 4) is 12.1 Å². The van der Waals surface area contributed by atoms with E-state index in [4.69, 9.17) is 10.5 Å². The Morgan fingerprint density at radius 3 is 2.82 bits per heavy atom. The number of nitriles is 2. The molecule has 0 bridgehead atoms. The zero-order valence-corrected chi connectivity index (χ0v) is 6.25. The number of hydrogen-bond donors (Lipinski definition) is 0. The first kappa shape index (κ1) is 7.78. The maximum absolute atomic E-state index is 8.51. The summed E-state index contributed by atoms with van der Waals surface area (Å²) in [5.74, 6) is 0. The van der Waals surface area contributed by atoms with Crippen molar-refractivity contribution in [1.29, 1.82) is 10.5 Å². The highest BCUT2D eigenvalue weighted by atomic mass is 15.1. The van der Waals surface area contributed by atoms with Gasteiger partial charge in [-0.05, 0) is 6.42 Å². The summed E-state index contributed by atoms with van der Waals surface area (Å²) >= 11 is 0. The average Bonchev–Trinajstić information content (AvgIpc) is 2.07. The third-order valence-electron chi connectivity index (χ3n) is 1.73. The second kappa shape index (κ2) is 3.75. The Labute approximate surface area is 66.1 Å². The van der Waals surface area contributed by atoms with Crippen LogP contribution in [0.5, 0.6) is 0 Å². The second-order valence-corrected chi connectivity index (χ2v) is 2.48. The van der Waals surface area contributed by atoms with Gasteiger partial charge in [0.15, 0.2) is 0 Å². The van der Waals surface area contributed by atoms with Crippen LogP contribution in [-0.2, 0) is 0 Å². The molecule has 0 unspecified atom stereocenters. The molecule has 1 rings (SSSR count). The zero-order chi connectivity index (χ0) is 8.10. The van der Waals surface area contributed by atoms with Gasteiger partial charge in [-0.3, -0.25) is 4.90 Å². The Morgan fingerprint density at radius 1 is 1.55 bits per heavy atom. The van der Waals surface area contributed by atoms with Crippen molar-refractivity contribution in [2.24, 2.45) is 0 Å². The van der Waals surface area contributed by atoms with E-state index in [2.05, 4.69) is 12.1 Å². The average molecular weight is 147 g/mol. The second-order valence-electron chi connectivity index (χ2n) is 2.48. The van der Waals surface area contributed by atoms with Gasteiger partial charge < -0.3 is 0 Å². The summed E-state index contributed by atoms with van der Waals surface area (Å²) in [5, 5.41) is 16.9. The molecule has 0 aliphatic carbocycles. The molecular formula is C8H9N3. The van der Waals surface area contributed by atoms with Crippen LogP contribution in [0.25, 0.3) is 0 Å². The molecule has 0 aromatic rings. The minimum atomic E-state index is 0.467. The van der Waals surface area contributed by atoms with Crippen LogP contribution in [0.1, 0.15) is 6.42 Å². The van der Waals surface area contributed by atoms with Gasteiger partial charge in [-0.25, -0.2) is 0 Å². The van der Waals surface area contributed by atoms with E-state index < -0.39 is 0 Å². The van der Waals surface area contributed by atoms with Gasteiger partial charge in [0.05, 0.1) is 18.7 Å². The van der Waals surface area contributed by atoms with Crippen LogP contribution in [0.4, 0.5) is 0 Å². The maximum Gasteiger partial charge on any atom is 0.0944 e. The molecule has 0 atom stereocenters. The fourth-order valence-corrected chi connectivity index (χ4v) is 1.06. The fraction of sp³-hybridized carbons (Fsp3) is 0.500. The van der Waals surface area contributed by atoms with Crippen molar-refractivity contribution >= 4 is 0 Å². The number of nitrogens with zero attached hydrogens (tertiary/aromatic N) is 3. The molecule has 0 spiro atoms. The molecule has 0 aromatic heterocycles. The summed E-state index contributed by atoms with van der Waals surface area (Å²) < 4.78 is 0. The van der Waals surface area contributed by atoms with Crippen LogP contribution in [0, 0.1) is 22.7 Å². The van der Waals surface area contributed by atoms with E-state index >= 15 is 0 Å². The van der Waals surface area contributed by atoms with E-state index in [1.165, 1.54) is 0 Å². The fourth-order valence-electron chi connectivity index (χ4n) is 1.06. The van der Waals surface area contributed by atoms with Crippen LogP contribution in [-0.4, -0.2) is 24.5 Å². The van der Waals surface area contributed by atoms with Gasteiger partial charge in [0.25, 0.3) is 0 Å². The van der Waals surface area contributed by atoms with E-state index in [1.807, 2.05) is 11.0 Å². The van der Waals surface area contributed by atoms with Crippen molar-refractivity contribution in [3.05, 3.63) is 11.6 Å². The number of rotatable bonds is 1. The molecule has 0 radical (unpaired) electrons. The minimum absolute atomic E-state index is 0.467. The quantitative estimate of drug-likeness (QED) is 0.512. The predicted octanol–water partition coefficient (Wildman–Crippen LogP) is 0.666. The molecule has 0 N–H and O–H groups in total. The largest absolute Gasteiger partial charge is 0.286 e. The van der Waals surface area contributed by atoms with Gasteiger partial charge >= 0.3 is 0 Å². The van der Waals surface area contributed by atoms with Crippen molar-refractivity contribution in [2.45, 2.75) is 6.42 Å². The summed E-state index contributed by atoms with van der Waals surface area (Å²) in [6.07, 6.45) is 2.68. The molecule has 1 aliphatic rings. The van der Waals surface area contributed by atoms with Gasteiger partial charge in [-0.15, -0.1) is 0 Å². The Hall–Kier alpha value is -1.32. The Bertz CT molecular complexity index is 241. The first-order valence-corrected chi connectivity index (χ1v) is 3.55. The first-order valence-electron chi connectivity index (χ1n) is 3.55. The highest BCUT2D eigenvalue weighted by molar-refractivity contribution is 5.23. The monoisotopic (exact) mass is 147 g/mol. The third-order valence-corrected chi connectivity index (χ3v) is 1.73. The molecule has 11 heavy (non-hydrogen) atoms. The van der Waals surface area contributed by atoms with Gasteiger partial charge in [0.2, 0.25) is 0 Å².